The van der Waals surface area contributed by atoms with Crippen LogP contribution in [0.2, 0.25) is 0 Å². The number of hydrogen-bond acceptors (Lipinski definition) is 17. The quantitative estimate of drug-likeness (QED) is 0.0273. The molecule has 17 N–H and O–H groups in total. The molecule has 81 heavy (non-hydrogen) atoms. The van der Waals surface area contributed by atoms with Gasteiger partial charge in [-0.15, -0.1) is 0 Å². The number of thiol groups is 2. The zero-order valence-corrected chi connectivity index (χ0v) is 48.1. The average Bonchev–Trinajstić information content (AvgIpc) is 3.40. The lowest BCUT2D eigenvalue weighted by Gasteiger charge is -2.29. The highest BCUT2D eigenvalue weighted by Gasteiger charge is 2.36. The van der Waals surface area contributed by atoms with Crippen LogP contribution in [0.1, 0.15) is 91.2 Å². The number of carboxylic acid groups (broad SMARTS) is 2. The largest absolute Gasteiger partial charge is 0.508 e. The molecule has 2 rings (SSSR count). The molecule has 9 atom stereocenters. The molecule has 0 radical (unpaired) electrons. The molecule has 450 valence electrons. The molecular formula is C53H81N11O15S2. The van der Waals surface area contributed by atoms with E-state index in [-0.39, 0.29) is 48.2 Å². The lowest BCUT2D eigenvalue weighted by molar-refractivity contribution is -0.143. The monoisotopic (exact) mass is 1180 g/mol. The molecule has 0 saturated carbocycles. The summed E-state index contributed by atoms with van der Waals surface area (Å²) in [6.07, 6.45) is -0.0316. The molecule has 28 heteroatoms. The predicted molar refractivity (Wildman–Crippen MR) is 304 cm³/mol. The Kier molecular flexibility index (Phi) is 30.7. The summed E-state index contributed by atoms with van der Waals surface area (Å²) < 4.78 is 0. The van der Waals surface area contributed by atoms with Gasteiger partial charge in [-0.1, -0.05) is 72.2 Å². The van der Waals surface area contributed by atoms with Gasteiger partial charge < -0.3 is 79.7 Å². The van der Waals surface area contributed by atoms with Crippen molar-refractivity contribution in [1.29, 1.82) is 0 Å². The fourth-order valence-electron chi connectivity index (χ4n) is 7.87. The first-order valence-corrected chi connectivity index (χ1v) is 27.7. The molecular weight excluding hydrogens is 1090 g/mol. The second-order valence-corrected chi connectivity index (χ2v) is 21.2. The Morgan fingerprint density at radius 3 is 1.37 bits per heavy atom. The van der Waals surface area contributed by atoms with E-state index >= 15 is 0 Å². The van der Waals surface area contributed by atoms with Gasteiger partial charge in [0.1, 0.15) is 59.8 Å². The second kappa shape index (κ2) is 35.5. The highest BCUT2D eigenvalue weighted by atomic mass is 32.1. The summed E-state index contributed by atoms with van der Waals surface area (Å²) in [6, 6.07) is -0.866. The van der Waals surface area contributed by atoms with Gasteiger partial charge in [0.05, 0.1) is 12.6 Å². The van der Waals surface area contributed by atoms with E-state index < -0.39 is 151 Å². The number of aliphatic carboxylic acids is 2. The van der Waals surface area contributed by atoms with Crippen LogP contribution in [0, 0.1) is 17.8 Å². The smallest absolute Gasteiger partial charge is 0.326 e. The van der Waals surface area contributed by atoms with Crippen LogP contribution < -0.4 is 59.3 Å². The molecule has 0 spiro atoms. The lowest BCUT2D eigenvalue weighted by Crippen LogP contribution is -2.61. The number of phenolic OH excluding ortho intramolecular Hbond substituents is 2. The van der Waals surface area contributed by atoms with Crippen molar-refractivity contribution in [2.45, 2.75) is 147 Å². The zero-order chi connectivity index (χ0) is 61.1. The number of unbranched alkanes of at least 4 members (excludes halogenated alkanes) is 1. The van der Waals surface area contributed by atoms with E-state index in [4.69, 9.17) is 11.5 Å². The van der Waals surface area contributed by atoms with E-state index in [1.807, 2.05) is 0 Å². The molecule has 0 bridgehead atoms. The number of rotatable bonds is 36. The number of benzene rings is 2. The Morgan fingerprint density at radius 1 is 0.494 bits per heavy atom. The first kappa shape index (κ1) is 69.9. The van der Waals surface area contributed by atoms with Crippen LogP contribution in [-0.2, 0) is 65.6 Å². The Morgan fingerprint density at radius 2 is 0.914 bits per heavy atom. The summed E-state index contributed by atoms with van der Waals surface area (Å²) in [5.41, 5.74) is 12.5. The van der Waals surface area contributed by atoms with Gasteiger partial charge in [0.15, 0.2) is 0 Å². The number of carbonyl (C=O) groups excluding carboxylic acids is 9. The van der Waals surface area contributed by atoms with Crippen LogP contribution in [0.5, 0.6) is 11.5 Å². The minimum absolute atomic E-state index is 0.00365. The van der Waals surface area contributed by atoms with E-state index in [0.717, 1.165) is 0 Å². The standard InChI is InChI=1S/C53H81N11O15S2/c1-27(2)21-36(58-49(74)38(23-31-12-16-33(66)17-13-31)59-51(76)39(25-80)61-45(70)34(55)9-7-8-20-54)48(73)62-40(26-81)50(75)57-35(18-19-42(68)69)47(72)64-43(28(3)4)52(77)60-37(22-30-10-14-32(65)15-11-30)46(71)56-24-41(67)63-44(29(5)6)53(78)79/h10-17,27-29,34-40,43-44,65-66,80-81H,7-9,18-26,54-55H2,1-6H3,(H,56,71)(H,57,75)(H,58,74)(H,59,76)(H,60,77)(H,61,70)(H,62,73)(H,63,67)(H,64,72)(H,68,69)(H,78,79)/t34-,35+,36-,37-,38-,39-,40-,43-,44-/m0/s1. The summed E-state index contributed by atoms with van der Waals surface area (Å²) in [5, 5.41) is 61.4. The minimum atomic E-state index is -1.65. The predicted octanol–water partition coefficient (Wildman–Crippen LogP) is -1.50. The van der Waals surface area contributed by atoms with Crippen LogP contribution in [0.4, 0.5) is 0 Å². The van der Waals surface area contributed by atoms with Crippen LogP contribution in [0.15, 0.2) is 48.5 Å². The number of hydrogen-bond donors (Lipinski definition) is 17. The first-order valence-electron chi connectivity index (χ1n) is 26.5. The van der Waals surface area contributed by atoms with Gasteiger partial charge in [-0.2, -0.15) is 25.3 Å². The molecule has 2 aromatic carbocycles. The van der Waals surface area contributed by atoms with Crippen LogP contribution in [-0.4, -0.2) is 165 Å². The van der Waals surface area contributed by atoms with Gasteiger partial charge in [-0.05, 0) is 85.4 Å². The van der Waals surface area contributed by atoms with Crippen LogP contribution >= 0.6 is 25.3 Å². The van der Waals surface area contributed by atoms with Crippen molar-refractivity contribution in [3.8, 4) is 11.5 Å². The molecule has 26 nitrogen and oxygen atoms in total. The lowest BCUT2D eigenvalue weighted by atomic mass is 10.00. The number of aromatic hydroxyl groups is 2. The molecule has 0 fully saturated rings. The topological polar surface area (TPSA) is 429 Å². The molecule has 0 aliphatic carbocycles. The fraction of sp³-hybridized carbons (Fsp3) is 0.566. The number of nitrogens with one attached hydrogen (secondary N) is 9. The van der Waals surface area contributed by atoms with Gasteiger partial charge in [0.25, 0.3) is 0 Å². The highest BCUT2D eigenvalue weighted by Crippen LogP contribution is 2.16. The summed E-state index contributed by atoms with van der Waals surface area (Å²) in [5.74, 6) is -12.7. The van der Waals surface area contributed by atoms with Crippen molar-refractivity contribution >= 4 is 90.4 Å². The molecule has 0 aliphatic heterocycles. The number of nitrogens with two attached hydrogens (primary N) is 2. The summed E-state index contributed by atoms with van der Waals surface area (Å²) in [7, 11) is 0. The number of carboxylic acids is 2. The first-order chi connectivity index (χ1) is 38.1. The van der Waals surface area contributed by atoms with Crippen molar-refractivity contribution in [2.75, 3.05) is 24.6 Å². The summed E-state index contributed by atoms with van der Waals surface area (Å²) >= 11 is 8.48. The second-order valence-electron chi connectivity index (χ2n) is 20.5. The van der Waals surface area contributed by atoms with Gasteiger partial charge in [-0.3, -0.25) is 47.9 Å². The third kappa shape index (κ3) is 25.4. The van der Waals surface area contributed by atoms with Gasteiger partial charge in [0, 0.05) is 30.8 Å². The van der Waals surface area contributed by atoms with Crippen molar-refractivity contribution in [3.63, 3.8) is 0 Å². The summed E-state index contributed by atoms with van der Waals surface area (Å²) in [4.78, 5) is 147. The molecule has 2 aromatic rings. The SMILES string of the molecule is CC(C)C[C@H](NC(=O)[C@H](Cc1ccc(O)cc1)NC(=O)[C@H](CS)NC(=O)[C@@H](N)CCCCN)C(=O)N[C@@H](CS)C(=O)N[C@H](CCC(=O)O)C(=O)N[C@H](C(=O)N[C@@H](Cc1ccc(O)cc1)C(=O)NCC(=O)N[C@H](C(=O)O)C(C)C)C(C)C. The maximum absolute atomic E-state index is 14.2. The highest BCUT2D eigenvalue weighted by molar-refractivity contribution is 7.80. The fourth-order valence-corrected chi connectivity index (χ4v) is 8.38. The van der Waals surface area contributed by atoms with Gasteiger partial charge in [-0.25, -0.2) is 4.79 Å². The van der Waals surface area contributed by atoms with E-state index in [2.05, 4.69) is 73.1 Å². The van der Waals surface area contributed by atoms with E-state index in [9.17, 15) is 73.2 Å². The van der Waals surface area contributed by atoms with Gasteiger partial charge in [0.2, 0.25) is 53.2 Å². The average molecular weight is 1180 g/mol. The van der Waals surface area contributed by atoms with E-state index in [0.29, 0.717) is 36.9 Å². The van der Waals surface area contributed by atoms with Crippen molar-refractivity contribution in [3.05, 3.63) is 59.7 Å². The zero-order valence-electron chi connectivity index (χ0n) is 46.4. The molecule has 9 amide bonds. The number of carbonyl (C=O) groups is 11. The van der Waals surface area contributed by atoms with Crippen molar-refractivity contribution in [2.24, 2.45) is 29.2 Å². The molecule has 0 aromatic heterocycles. The normalized spacial score (nSPS) is 14.5. The van der Waals surface area contributed by atoms with Crippen LogP contribution in [0.25, 0.3) is 0 Å². The Bertz CT molecular complexity index is 2450. The van der Waals surface area contributed by atoms with Crippen molar-refractivity contribution in [1.82, 2.24) is 47.9 Å². The third-order valence-electron chi connectivity index (χ3n) is 12.5. The Balaban J connectivity index is 2.37. The maximum Gasteiger partial charge on any atom is 0.326 e. The molecule has 0 unspecified atom stereocenters. The number of phenols is 2. The molecule has 0 heterocycles. The molecule has 0 saturated heterocycles. The third-order valence-corrected chi connectivity index (χ3v) is 13.2. The molecule has 0 aliphatic rings. The van der Waals surface area contributed by atoms with E-state index in [1.54, 1.807) is 41.5 Å². The van der Waals surface area contributed by atoms with E-state index in [1.165, 1.54) is 48.5 Å². The Hall–Kier alpha value is -7.17. The minimum Gasteiger partial charge on any atom is -0.508 e. The maximum atomic E-state index is 14.2. The number of amides is 9. The van der Waals surface area contributed by atoms with Gasteiger partial charge >= 0.3 is 11.9 Å². The van der Waals surface area contributed by atoms with Crippen molar-refractivity contribution < 1.29 is 73.2 Å². The van der Waals surface area contributed by atoms with Crippen LogP contribution in [0.3, 0.4) is 0 Å². The Labute approximate surface area is 481 Å². The summed E-state index contributed by atoms with van der Waals surface area (Å²) in [6.45, 7) is 9.48.